The molecule has 0 unspecified atom stereocenters. The average Bonchev–Trinajstić information content (AvgIpc) is 3.30. The lowest BCUT2D eigenvalue weighted by molar-refractivity contribution is 0.102. The van der Waals surface area contributed by atoms with E-state index in [4.69, 9.17) is 0 Å². The Kier molecular flexibility index (Phi) is 4.15. The Morgan fingerprint density at radius 3 is 2.56 bits per heavy atom. The van der Waals surface area contributed by atoms with Gasteiger partial charge in [0.05, 0.1) is 30.2 Å². The summed E-state index contributed by atoms with van der Waals surface area (Å²) in [5.41, 5.74) is 2.08. The van der Waals surface area contributed by atoms with Crippen LogP contribution in [0, 0.1) is 0 Å². The lowest BCUT2D eigenvalue weighted by Gasteiger charge is -2.07. The van der Waals surface area contributed by atoms with Gasteiger partial charge in [-0.15, -0.1) is 0 Å². The molecular formula is C19H19N7O. The number of imidazole rings is 2. The molecule has 0 saturated heterocycles. The van der Waals surface area contributed by atoms with E-state index in [0.29, 0.717) is 11.5 Å². The molecule has 0 aliphatic carbocycles. The second-order valence-electron chi connectivity index (χ2n) is 6.63. The van der Waals surface area contributed by atoms with Crippen LogP contribution in [0.3, 0.4) is 0 Å². The highest BCUT2D eigenvalue weighted by Gasteiger charge is 2.12. The minimum atomic E-state index is -0.290. The molecule has 0 aromatic carbocycles. The van der Waals surface area contributed by atoms with Crippen molar-refractivity contribution in [3.63, 3.8) is 0 Å². The molecule has 4 rings (SSSR count). The molecule has 0 aliphatic heterocycles. The minimum absolute atomic E-state index is 0.246. The fraction of sp³-hybridized carbons (Fsp3) is 0.211. The zero-order valence-corrected chi connectivity index (χ0v) is 15.3. The maximum Gasteiger partial charge on any atom is 0.276 e. The maximum atomic E-state index is 12.4. The Hall–Kier alpha value is -3.55. The fourth-order valence-electron chi connectivity index (χ4n) is 2.77. The maximum absolute atomic E-state index is 12.4. The highest BCUT2D eigenvalue weighted by atomic mass is 16.2. The number of hydrogen-bond donors (Lipinski definition) is 1. The lowest BCUT2D eigenvalue weighted by Crippen LogP contribution is -2.13. The van der Waals surface area contributed by atoms with E-state index in [1.807, 2.05) is 42.2 Å². The van der Waals surface area contributed by atoms with Crippen molar-refractivity contribution in [1.29, 1.82) is 0 Å². The molecule has 4 heterocycles. The molecule has 4 aromatic heterocycles. The van der Waals surface area contributed by atoms with Gasteiger partial charge in [-0.25, -0.2) is 15.0 Å². The number of amides is 1. The first-order valence-electron chi connectivity index (χ1n) is 8.58. The first-order chi connectivity index (χ1) is 13.0. The zero-order chi connectivity index (χ0) is 19.0. The average molecular weight is 361 g/mol. The molecule has 0 spiro atoms. The monoisotopic (exact) mass is 361 g/mol. The summed E-state index contributed by atoms with van der Waals surface area (Å²) in [6, 6.07) is 4.03. The number of hydrogen-bond acceptors (Lipinski definition) is 5. The third-order valence-electron chi connectivity index (χ3n) is 4.35. The quantitative estimate of drug-likeness (QED) is 0.603. The van der Waals surface area contributed by atoms with Crippen LogP contribution in [-0.4, -0.2) is 35.0 Å². The fourth-order valence-corrected chi connectivity index (χ4v) is 2.77. The molecule has 136 valence electrons. The number of pyridine rings is 2. The van der Waals surface area contributed by atoms with Gasteiger partial charge < -0.3 is 14.5 Å². The number of nitrogens with zero attached hydrogens (tertiary/aromatic N) is 6. The summed E-state index contributed by atoms with van der Waals surface area (Å²) >= 11 is 0. The molecule has 4 aromatic rings. The van der Waals surface area contributed by atoms with Crippen LogP contribution in [0.2, 0.25) is 0 Å². The molecule has 8 nitrogen and oxygen atoms in total. The van der Waals surface area contributed by atoms with Crippen molar-refractivity contribution in [1.82, 2.24) is 29.1 Å². The number of nitrogens with one attached hydrogen (secondary N) is 1. The predicted octanol–water partition coefficient (Wildman–Crippen LogP) is 3.06. The van der Waals surface area contributed by atoms with Crippen molar-refractivity contribution in [3.8, 4) is 11.4 Å². The standard InChI is InChI=1S/C19H19N7O/c1-12(2)26-9-16(23-11-26)19(27)24-18-5-13-4-15(17-8-20-10-25(17)3)21-6-14(13)7-22-18/h4-12H,1-3H3,(H,22,24,27). The normalized spacial score (nSPS) is 11.3. The molecule has 0 fully saturated rings. The molecule has 0 saturated carbocycles. The van der Waals surface area contributed by atoms with E-state index >= 15 is 0 Å². The van der Waals surface area contributed by atoms with Gasteiger partial charge >= 0.3 is 0 Å². The molecular weight excluding hydrogens is 342 g/mol. The summed E-state index contributed by atoms with van der Waals surface area (Å²) < 4.78 is 3.79. The molecule has 27 heavy (non-hydrogen) atoms. The van der Waals surface area contributed by atoms with Gasteiger partial charge in [0.25, 0.3) is 5.91 Å². The third kappa shape index (κ3) is 3.29. The Bertz CT molecular complexity index is 1130. The third-order valence-corrected chi connectivity index (χ3v) is 4.35. The van der Waals surface area contributed by atoms with E-state index in [9.17, 15) is 4.79 Å². The lowest BCUT2D eigenvalue weighted by atomic mass is 10.1. The summed E-state index contributed by atoms with van der Waals surface area (Å²) in [7, 11) is 1.92. The van der Waals surface area contributed by atoms with Crippen LogP contribution < -0.4 is 5.32 Å². The van der Waals surface area contributed by atoms with Gasteiger partial charge in [0, 0.05) is 37.1 Å². The van der Waals surface area contributed by atoms with Crippen molar-refractivity contribution in [2.45, 2.75) is 19.9 Å². The Balaban J connectivity index is 1.62. The molecule has 1 amide bonds. The van der Waals surface area contributed by atoms with Crippen molar-refractivity contribution < 1.29 is 4.79 Å². The highest BCUT2D eigenvalue weighted by Crippen LogP contribution is 2.22. The van der Waals surface area contributed by atoms with Crippen molar-refractivity contribution in [2.75, 3.05) is 5.32 Å². The number of rotatable bonds is 4. The molecule has 0 radical (unpaired) electrons. The van der Waals surface area contributed by atoms with Crippen LogP contribution in [0.15, 0.2) is 49.6 Å². The van der Waals surface area contributed by atoms with Gasteiger partial charge in [-0.05, 0) is 31.4 Å². The minimum Gasteiger partial charge on any atom is -0.334 e. The van der Waals surface area contributed by atoms with Crippen molar-refractivity contribution in [3.05, 3.63) is 55.3 Å². The van der Waals surface area contributed by atoms with E-state index in [1.165, 1.54) is 0 Å². The molecule has 0 bridgehead atoms. The van der Waals surface area contributed by atoms with Gasteiger partial charge in [-0.1, -0.05) is 0 Å². The molecule has 0 aliphatic rings. The largest absolute Gasteiger partial charge is 0.334 e. The number of anilines is 1. The SMILES string of the molecule is CC(C)n1cnc(C(=O)Nc2cc3cc(-c4cncn4C)ncc3cn2)c1. The zero-order valence-electron chi connectivity index (χ0n) is 15.3. The number of aryl methyl sites for hydroxylation is 1. The number of fused-ring (bicyclic) bond motifs is 1. The van der Waals surface area contributed by atoms with Crippen molar-refractivity contribution in [2.24, 2.45) is 7.05 Å². The Labute approximate surface area is 155 Å². The summed E-state index contributed by atoms with van der Waals surface area (Å²) in [4.78, 5) is 29.5. The number of carbonyl (C=O) groups is 1. The predicted molar refractivity (Wildman–Crippen MR) is 102 cm³/mol. The second-order valence-corrected chi connectivity index (χ2v) is 6.63. The Morgan fingerprint density at radius 1 is 1.04 bits per heavy atom. The highest BCUT2D eigenvalue weighted by molar-refractivity contribution is 6.03. The van der Waals surface area contributed by atoms with Crippen LogP contribution in [0.1, 0.15) is 30.4 Å². The second kappa shape index (κ2) is 6.64. The van der Waals surface area contributed by atoms with Crippen LogP contribution in [-0.2, 0) is 7.05 Å². The summed E-state index contributed by atoms with van der Waals surface area (Å²) in [5, 5.41) is 4.63. The van der Waals surface area contributed by atoms with E-state index < -0.39 is 0 Å². The Morgan fingerprint density at radius 2 is 1.85 bits per heavy atom. The van der Waals surface area contributed by atoms with Gasteiger partial charge in [-0.3, -0.25) is 9.78 Å². The van der Waals surface area contributed by atoms with Crippen molar-refractivity contribution >= 4 is 22.5 Å². The molecule has 0 atom stereocenters. The first kappa shape index (κ1) is 16.9. The first-order valence-corrected chi connectivity index (χ1v) is 8.58. The van der Waals surface area contributed by atoms with E-state index in [0.717, 1.165) is 22.2 Å². The van der Waals surface area contributed by atoms with Gasteiger partial charge in [0.1, 0.15) is 11.5 Å². The van der Waals surface area contributed by atoms with Gasteiger partial charge in [-0.2, -0.15) is 0 Å². The smallest absolute Gasteiger partial charge is 0.276 e. The van der Waals surface area contributed by atoms with Gasteiger partial charge in [0.15, 0.2) is 0 Å². The topological polar surface area (TPSA) is 90.5 Å². The van der Waals surface area contributed by atoms with E-state index in [-0.39, 0.29) is 11.9 Å². The summed E-state index contributed by atoms with van der Waals surface area (Å²) in [6.45, 7) is 4.06. The van der Waals surface area contributed by atoms with Crippen LogP contribution in [0.4, 0.5) is 5.82 Å². The molecule has 1 N–H and O–H groups in total. The summed E-state index contributed by atoms with van der Waals surface area (Å²) in [6.07, 6.45) is 10.3. The van der Waals surface area contributed by atoms with Crippen LogP contribution in [0.25, 0.3) is 22.2 Å². The molecule has 8 heteroatoms. The van der Waals surface area contributed by atoms with Gasteiger partial charge in [0.2, 0.25) is 0 Å². The van der Waals surface area contributed by atoms with E-state index in [2.05, 4.69) is 25.3 Å². The van der Waals surface area contributed by atoms with Crippen LogP contribution >= 0.6 is 0 Å². The number of carbonyl (C=O) groups excluding carboxylic acids is 1. The summed E-state index contributed by atoms with van der Waals surface area (Å²) in [5.74, 6) is 0.177. The number of aromatic nitrogens is 6. The van der Waals surface area contributed by atoms with Crippen LogP contribution in [0.5, 0.6) is 0 Å². The van der Waals surface area contributed by atoms with E-state index in [1.54, 1.807) is 37.4 Å².